The fourth-order valence-corrected chi connectivity index (χ4v) is 1.93. The predicted octanol–water partition coefficient (Wildman–Crippen LogP) is -1.11. The first kappa shape index (κ1) is 14.0. The van der Waals surface area contributed by atoms with Gasteiger partial charge in [-0.1, -0.05) is 6.92 Å². The molecule has 0 aromatic heterocycles. The van der Waals surface area contributed by atoms with E-state index in [4.69, 9.17) is 5.26 Å². The Labute approximate surface area is 105 Å². The van der Waals surface area contributed by atoms with E-state index in [2.05, 4.69) is 10.1 Å². The highest BCUT2D eigenvalue weighted by molar-refractivity contribution is 6.35. The summed E-state index contributed by atoms with van der Waals surface area (Å²) in [4.78, 5) is 35.8. The molecular weight excluding hydrogens is 238 g/mol. The number of esters is 1. The van der Waals surface area contributed by atoms with Crippen LogP contribution in [0.5, 0.6) is 0 Å². The quantitative estimate of drug-likeness (QED) is 0.382. The summed E-state index contributed by atoms with van der Waals surface area (Å²) in [5, 5.41) is 10.5. The Morgan fingerprint density at radius 2 is 2.11 bits per heavy atom. The number of carbonyl (C=O) groups excluding carboxylic acids is 3. The van der Waals surface area contributed by atoms with Crippen LogP contribution in [0, 0.1) is 23.2 Å². The highest BCUT2D eigenvalue weighted by atomic mass is 16.5. The van der Waals surface area contributed by atoms with Crippen molar-refractivity contribution in [3.05, 3.63) is 0 Å². The first-order chi connectivity index (χ1) is 8.51. The Kier molecular flexibility index (Phi) is 4.66. The number of carbonyl (C=O) groups is 3. The van der Waals surface area contributed by atoms with E-state index in [-0.39, 0.29) is 25.0 Å². The molecular formula is C11H15N3O4. The van der Waals surface area contributed by atoms with Gasteiger partial charge in [0.25, 0.3) is 0 Å². The van der Waals surface area contributed by atoms with Gasteiger partial charge in [0, 0.05) is 13.1 Å². The summed E-state index contributed by atoms with van der Waals surface area (Å²) in [5.41, 5.74) is 0. The summed E-state index contributed by atoms with van der Waals surface area (Å²) < 4.78 is 4.64. The van der Waals surface area contributed by atoms with E-state index in [0.717, 1.165) is 0 Å². The zero-order chi connectivity index (χ0) is 13.7. The largest absolute Gasteiger partial charge is 0.469 e. The van der Waals surface area contributed by atoms with Crippen molar-refractivity contribution < 1.29 is 19.1 Å². The zero-order valence-electron chi connectivity index (χ0n) is 10.3. The lowest BCUT2D eigenvalue weighted by atomic mass is 9.99. The maximum Gasteiger partial charge on any atom is 0.311 e. The molecule has 0 aromatic rings. The van der Waals surface area contributed by atoms with Crippen molar-refractivity contribution in [1.82, 2.24) is 10.2 Å². The lowest BCUT2D eigenvalue weighted by Crippen LogP contribution is -2.42. The number of nitrogens with one attached hydrogen (secondary N) is 1. The molecule has 1 N–H and O–H groups in total. The van der Waals surface area contributed by atoms with Crippen molar-refractivity contribution >= 4 is 17.8 Å². The third-order valence-corrected chi connectivity index (χ3v) is 2.93. The molecule has 18 heavy (non-hydrogen) atoms. The standard InChI is InChI=1S/C11H15N3O4/c1-7-5-14(6-8(7)11(17)18-2)10(16)9(15)13-4-3-12/h7-8H,4-6H2,1-2H3,(H,13,15). The Balaban J connectivity index is 2.60. The van der Waals surface area contributed by atoms with Gasteiger partial charge in [0.15, 0.2) is 0 Å². The van der Waals surface area contributed by atoms with Crippen LogP contribution in [-0.4, -0.2) is 49.4 Å². The maximum absolute atomic E-state index is 11.7. The number of ether oxygens (including phenoxy) is 1. The van der Waals surface area contributed by atoms with Crippen LogP contribution in [0.25, 0.3) is 0 Å². The number of methoxy groups -OCH3 is 1. The smallest absolute Gasteiger partial charge is 0.311 e. The molecule has 2 unspecified atom stereocenters. The van der Waals surface area contributed by atoms with Crippen molar-refractivity contribution in [3.63, 3.8) is 0 Å². The van der Waals surface area contributed by atoms with E-state index in [0.29, 0.717) is 6.54 Å². The molecule has 7 heteroatoms. The fourth-order valence-electron chi connectivity index (χ4n) is 1.93. The lowest BCUT2D eigenvalue weighted by Gasteiger charge is -2.14. The van der Waals surface area contributed by atoms with Crippen molar-refractivity contribution in [3.8, 4) is 6.07 Å². The molecule has 1 aliphatic rings. The Hall–Kier alpha value is -2.10. The van der Waals surface area contributed by atoms with Gasteiger partial charge >= 0.3 is 17.8 Å². The van der Waals surface area contributed by atoms with Crippen LogP contribution in [0.4, 0.5) is 0 Å². The number of nitrogens with zero attached hydrogens (tertiary/aromatic N) is 2. The van der Waals surface area contributed by atoms with Crippen LogP contribution < -0.4 is 5.32 Å². The van der Waals surface area contributed by atoms with Gasteiger partial charge in [-0.05, 0) is 5.92 Å². The summed E-state index contributed by atoms with van der Waals surface area (Å²) in [5.74, 6) is -2.37. The molecule has 7 nitrogen and oxygen atoms in total. The van der Waals surface area contributed by atoms with Gasteiger partial charge in [-0.3, -0.25) is 14.4 Å². The minimum Gasteiger partial charge on any atom is -0.469 e. The van der Waals surface area contributed by atoms with Crippen molar-refractivity contribution in [2.24, 2.45) is 11.8 Å². The van der Waals surface area contributed by atoms with E-state index in [1.165, 1.54) is 12.0 Å². The van der Waals surface area contributed by atoms with Crippen LogP contribution in [0.2, 0.25) is 0 Å². The summed E-state index contributed by atoms with van der Waals surface area (Å²) >= 11 is 0. The van der Waals surface area contributed by atoms with Gasteiger partial charge < -0.3 is 15.0 Å². The normalized spacial score (nSPS) is 22.2. The number of rotatable bonds is 2. The molecule has 98 valence electrons. The third kappa shape index (κ3) is 2.97. The van der Waals surface area contributed by atoms with Crippen LogP contribution >= 0.6 is 0 Å². The number of likely N-dealkylation sites (tertiary alicyclic amines) is 1. The van der Waals surface area contributed by atoms with Crippen molar-refractivity contribution in [2.45, 2.75) is 6.92 Å². The summed E-state index contributed by atoms with van der Waals surface area (Å²) in [6, 6.07) is 1.71. The zero-order valence-corrected chi connectivity index (χ0v) is 10.3. The number of amides is 2. The Morgan fingerprint density at radius 1 is 1.44 bits per heavy atom. The average molecular weight is 253 g/mol. The van der Waals surface area contributed by atoms with Crippen LogP contribution in [0.3, 0.4) is 0 Å². The van der Waals surface area contributed by atoms with E-state index in [1.54, 1.807) is 6.07 Å². The van der Waals surface area contributed by atoms with Crippen molar-refractivity contribution in [2.75, 3.05) is 26.7 Å². The van der Waals surface area contributed by atoms with Gasteiger partial charge in [-0.15, -0.1) is 0 Å². The predicted molar refractivity (Wildman–Crippen MR) is 59.9 cm³/mol. The van der Waals surface area contributed by atoms with Gasteiger partial charge in [-0.25, -0.2) is 0 Å². The minimum absolute atomic E-state index is 0.0508. The monoisotopic (exact) mass is 253 g/mol. The topological polar surface area (TPSA) is 99.5 Å². The molecule has 1 rings (SSSR count). The van der Waals surface area contributed by atoms with Gasteiger partial charge in [-0.2, -0.15) is 5.26 Å². The second kappa shape index (κ2) is 6.00. The van der Waals surface area contributed by atoms with Crippen LogP contribution in [-0.2, 0) is 19.1 Å². The molecule has 1 aliphatic heterocycles. The summed E-state index contributed by atoms with van der Waals surface area (Å²) in [6.07, 6.45) is 0. The van der Waals surface area contributed by atoms with Crippen LogP contribution in [0.1, 0.15) is 6.92 Å². The van der Waals surface area contributed by atoms with E-state index >= 15 is 0 Å². The molecule has 0 spiro atoms. The fraction of sp³-hybridized carbons (Fsp3) is 0.636. The molecule has 0 bridgehead atoms. The third-order valence-electron chi connectivity index (χ3n) is 2.93. The Bertz CT molecular complexity index is 402. The molecule has 0 aliphatic carbocycles. The first-order valence-electron chi connectivity index (χ1n) is 5.53. The van der Waals surface area contributed by atoms with E-state index < -0.39 is 17.7 Å². The second-order valence-electron chi connectivity index (χ2n) is 4.16. The second-order valence-corrected chi connectivity index (χ2v) is 4.16. The average Bonchev–Trinajstić information content (AvgIpc) is 2.76. The van der Waals surface area contributed by atoms with Gasteiger partial charge in [0.05, 0.1) is 19.1 Å². The number of nitriles is 1. The number of hydrogen-bond donors (Lipinski definition) is 1. The van der Waals surface area contributed by atoms with Gasteiger partial charge in [0.1, 0.15) is 6.54 Å². The molecule has 2 atom stereocenters. The number of hydrogen-bond acceptors (Lipinski definition) is 5. The van der Waals surface area contributed by atoms with Crippen molar-refractivity contribution in [1.29, 1.82) is 5.26 Å². The molecule has 0 radical (unpaired) electrons. The Morgan fingerprint density at radius 3 is 2.67 bits per heavy atom. The summed E-state index contributed by atoms with van der Waals surface area (Å²) in [6.45, 7) is 2.11. The van der Waals surface area contributed by atoms with Gasteiger partial charge in [0.2, 0.25) is 0 Å². The minimum atomic E-state index is -0.825. The molecule has 1 saturated heterocycles. The first-order valence-corrected chi connectivity index (χ1v) is 5.53. The maximum atomic E-state index is 11.7. The SMILES string of the molecule is COC(=O)C1CN(C(=O)C(=O)NCC#N)CC1C. The summed E-state index contributed by atoms with van der Waals surface area (Å²) in [7, 11) is 1.29. The molecule has 2 amide bonds. The molecule has 1 heterocycles. The highest BCUT2D eigenvalue weighted by Gasteiger charge is 2.39. The van der Waals surface area contributed by atoms with E-state index in [9.17, 15) is 14.4 Å². The molecule has 0 aromatic carbocycles. The molecule has 0 saturated carbocycles. The van der Waals surface area contributed by atoms with Crippen LogP contribution in [0.15, 0.2) is 0 Å². The lowest BCUT2D eigenvalue weighted by molar-refractivity contribution is -0.147. The highest BCUT2D eigenvalue weighted by Crippen LogP contribution is 2.23. The van der Waals surface area contributed by atoms with E-state index in [1.807, 2.05) is 6.92 Å². The molecule has 1 fully saturated rings.